The van der Waals surface area contributed by atoms with Crippen LogP contribution in [0, 0.1) is 26.2 Å². The van der Waals surface area contributed by atoms with Gasteiger partial charge >= 0.3 is 0 Å². The summed E-state index contributed by atoms with van der Waals surface area (Å²) in [5.74, 6) is 2.26. The zero-order valence-corrected chi connectivity index (χ0v) is 18.7. The highest BCUT2D eigenvalue weighted by Gasteiger charge is 2.33. The normalized spacial score (nSPS) is 14.3. The summed E-state index contributed by atoms with van der Waals surface area (Å²) in [6, 6.07) is 12.2. The lowest BCUT2D eigenvalue weighted by molar-refractivity contribution is 0.00127. The number of hydrogen-bond acceptors (Lipinski definition) is 6. The Bertz CT molecular complexity index is 1110. The first-order valence-corrected chi connectivity index (χ1v) is 11.9. The van der Waals surface area contributed by atoms with Crippen LogP contribution in [0.15, 0.2) is 58.3 Å². The molecule has 2 rings (SSSR count). The van der Waals surface area contributed by atoms with Crippen molar-refractivity contribution >= 4 is 20.1 Å². The number of aryl methyl sites for hydroxylation is 2. The van der Waals surface area contributed by atoms with Gasteiger partial charge in [0.05, 0.1) is 22.9 Å². The molecule has 0 aromatic heterocycles. The number of hydrogen-bond donors (Lipinski definition) is 1. The van der Waals surface area contributed by atoms with Crippen LogP contribution < -0.4 is 0 Å². The summed E-state index contributed by atoms with van der Waals surface area (Å²) in [5, 5.41) is 10.7. The van der Waals surface area contributed by atoms with Crippen LogP contribution in [-0.4, -0.2) is 51.5 Å². The van der Waals surface area contributed by atoms with Crippen molar-refractivity contribution < 1.29 is 26.1 Å². The maximum atomic E-state index is 12.9. The number of rotatable bonds is 9. The second kappa shape index (κ2) is 9.29. The van der Waals surface area contributed by atoms with E-state index in [4.69, 9.17) is 10.6 Å². The molecule has 30 heavy (non-hydrogen) atoms. The van der Waals surface area contributed by atoms with Gasteiger partial charge in [-0.05, 0) is 45.0 Å². The van der Waals surface area contributed by atoms with E-state index < -0.39 is 38.9 Å². The molecule has 2 aromatic rings. The molecule has 0 unspecified atom stereocenters. The third kappa shape index (κ3) is 6.14. The third-order valence-corrected chi connectivity index (χ3v) is 7.36. The first-order valence-electron chi connectivity index (χ1n) is 9.06. The molecule has 162 valence electrons. The first-order chi connectivity index (χ1) is 13.9. The van der Waals surface area contributed by atoms with Gasteiger partial charge in [-0.2, -0.15) is 12.7 Å². The maximum absolute atomic E-state index is 12.9. The highest BCUT2D eigenvalue weighted by molar-refractivity contribution is 7.89. The average molecular weight is 452 g/mol. The van der Waals surface area contributed by atoms with Crippen LogP contribution in [0.1, 0.15) is 18.1 Å². The molecule has 0 aliphatic carbocycles. The zero-order valence-electron chi connectivity index (χ0n) is 17.1. The van der Waals surface area contributed by atoms with Crippen LogP contribution in [0.3, 0.4) is 0 Å². The van der Waals surface area contributed by atoms with Crippen molar-refractivity contribution in [2.45, 2.75) is 36.2 Å². The minimum absolute atomic E-state index is 0.0207. The lowest BCUT2D eigenvalue weighted by Gasteiger charge is -2.29. The van der Waals surface area contributed by atoms with Crippen LogP contribution in [-0.2, 0) is 24.3 Å². The average Bonchev–Trinajstić information content (AvgIpc) is 2.67. The molecule has 0 fully saturated rings. The number of benzene rings is 2. The predicted octanol–water partition coefficient (Wildman–Crippen LogP) is 2.08. The molecule has 0 amide bonds. The van der Waals surface area contributed by atoms with Crippen molar-refractivity contribution in [1.29, 1.82) is 0 Å². The Hall–Kier alpha value is -2.22. The van der Waals surface area contributed by atoms with Gasteiger partial charge in [-0.1, -0.05) is 41.3 Å². The van der Waals surface area contributed by atoms with Gasteiger partial charge in [0.25, 0.3) is 10.1 Å². The second-order valence-electron chi connectivity index (χ2n) is 7.32. The summed E-state index contributed by atoms with van der Waals surface area (Å²) in [6.45, 7) is 3.54. The smallest absolute Gasteiger partial charge is 0.297 e. The van der Waals surface area contributed by atoms with Crippen molar-refractivity contribution in [2.24, 2.45) is 0 Å². The summed E-state index contributed by atoms with van der Waals surface area (Å²) in [6.07, 6.45) is 5.31. The van der Waals surface area contributed by atoms with E-state index >= 15 is 0 Å². The SMILES string of the molecule is C#CCN(C[C@@](C)(O)COS(=O)(=O)c1ccc(C)cc1)S(=O)(=O)c1ccc(C)cc1. The summed E-state index contributed by atoms with van der Waals surface area (Å²) in [7, 11) is -8.12. The van der Waals surface area contributed by atoms with E-state index in [-0.39, 0.29) is 16.3 Å². The van der Waals surface area contributed by atoms with Crippen molar-refractivity contribution in [3.05, 3.63) is 59.7 Å². The molecule has 0 aliphatic rings. The molecule has 1 atom stereocenters. The Morgan fingerprint density at radius 3 is 1.90 bits per heavy atom. The maximum Gasteiger partial charge on any atom is 0.297 e. The molecule has 0 bridgehead atoms. The Morgan fingerprint density at radius 1 is 0.967 bits per heavy atom. The van der Waals surface area contributed by atoms with Gasteiger partial charge in [0, 0.05) is 6.54 Å². The van der Waals surface area contributed by atoms with Gasteiger partial charge in [0.1, 0.15) is 5.60 Å². The van der Waals surface area contributed by atoms with Gasteiger partial charge in [0.2, 0.25) is 10.0 Å². The minimum Gasteiger partial charge on any atom is -0.386 e. The molecule has 0 saturated carbocycles. The quantitative estimate of drug-likeness (QED) is 0.463. The van der Waals surface area contributed by atoms with Crippen molar-refractivity contribution in [3.63, 3.8) is 0 Å². The minimum atomic E-state index is -4.12. The van der Waals surface area contributed by atoms with E-state index in [1.165, 1.54) is 31.2 Å². The molecule has 1 N–H and O–H groups in total. The lowest BCUT2D eigenvalue weighted by atomic mass is 10.1. The van der Waals surface area contributed by atoms with Gasteiger partial charge < -0.3 is 5.11 Å². The van der Waals surface area contributed by atoms with E-state index in [1.807, 2.05) is 13.8 Å². The Kier molecular flexibility index (Phi) is 7.45. The van der Waals surface area contributed by atoms with Crippen molar-refractivity contribution in [1.82, 2.24) is 4.31 Å². The van der Waals surface area contributed by atoms with E-state index in [0.717, 1.165) is 15.4 Å². The Morgan fingerprint density at radius 2 is 1.43 bits per heavy atom. The molecule has 9 heteroatoms. The number of terminal acetylenes is 1. The topological polar surface area (TPSA) is 101 Å². The molecule has 0 aliphatic heterocycles. The summed E-state index contributed by atoms with van der Waals surface area (Å²) in [4.78, 5) is -0.0380. The molecule has 0 radical (unpaired) electrons. The van der Waals surface area contributed by atoms with Crippen LogP contribution >= 0.6 is 0 Å². The predicted molar refractivity (Wildman–Crippen MR) is 114 cm³/mol. The fraction of sp³-hybridized carbons (Fsp3) is 0.333. The molecule has 0 heterocycles. The monoisotopic (exact) mass is 451 g/mol. The highest BCUT2D eigenvalue weighted by Crippen LogP contribution is 2.21. The molecule has 0 saturated heterocycles. The summed E-state index contributed by atoms with van der Waals surface area (Å²) >= 11 is 0. The van der Waals surface area contributed by atoms with Gasteiger partial charge in [-0.25, -0.2) is 8.42 Å². The highest BCUT2D eigenvalue weighted by atomic mass is 32.2. The number of nitrogens with zero attached hydrogens (tertiary/aromatic N) is 1. The van der Waals surface area contributed by atoms with Crippen LogP contribution in [0.5, 0.6) is 0 Å². The molecular formula is C21H25NO6S2. The molecular weight excluding hydrogens is 426 g/mol. The standard InChI is InChI=1S/C21H25NO6S2/c1-5-14-22(29(24,25)19-10-6-17(2)7-11-19)15-21(4,23)16-28-30(26,27)20-12-8-18(3)9-13-20/h1,6-13,23H,14-16H2,2-4H3/t21-/m1/s1. The number of aliphatic hydroxyl groups is 1. The summed E-state index contributed by atoms with van der Waals surface area (Å²) in [5.41, 5.74) is -0.0433. The summed E-state index contributed by atoms with van der Waals surface area (Å²) < 4.78 is 56.5. The molecule has 7 nitrogen and oxygen atoms in total. The first kappa shape index (κ1) is 24.1. The molecule has 0 spiro atoms. The van der Waals surface area contributed by atoms with Crippen LogP contribution in [0.25, 0.3) is 0 Å². The Balaban J connectivity index is 2.18. The lowest BCUT2D eigenvalue weighted by Crippen LogP contribution is -2.47. The zero-order chi connectivity index (χ0) is 22.6. The van der Waals surface area contributed by atoms with Gasteiger partial charge in [-0.3, -0.25) is 4.18 Å². The van der Waals surface area contributed by atoms with Crippen LogP contribution in [0.4, 0.5) is 0 Å². The third-order valence-electron chi connectivity index (χ3n) is 4.28. The number of sulfonamides is 1. The Labute approximate surface area is 178 Å². The largest absolute Gasteiger partial charge is 0.386 e. The van der Waals surface area contributed by atoms with E-state index in [2.05, 4.69) is 5.92 Å². The van der Waals surface area contributed by atoms with Crippen molar-refractivity contribution in [3.8, 4) is 12.3 Å². The van der Waals surface area contributed by atoms with Crippen LogP contribution in [0.2, 0.25) is 0 Å². The van der Waals surface area contributed by atoms with Gasteiger partial charge in [0.15, 0.2) is 0 Å². The van der Waals surface area contributed by atoms with E-state index in [1.54, 1.807) is 24.3 Å². The second-order valence-corrected chi connectivity index (χ2v) is 10.9. The fourth-order valence-corrected chi connectivity index (χ4v) is 5.08. The van der Waals surface area contributed by atoms with E-state index in [9.17, 15) is 21.9 Å². The van der Waals surface area contributed by atoms with Gasteiger partial charge in [-0.15, -0.1) is 6.42 Å². The molecule has 2 aromatic carbocycles. The van der Waals surface area contributed by atoms with Crippen molar-refractivity contribution in [2.75, 3.05) is 19.7 Å². The van der Waals surface area contributed by atoms with E-state index in [0.29, 0.717) is 0 Å². The fourth-order valence-electron chi connectivity index (χ4n) is 2.59.